The maximum atomic E-state index is 12.0. The molecule has 1 aromatic heterocycles. The fourth-order valence-corrected chi connectivity index (χ4v) is 3.43. The number of para-hydroxylation sites is 1. The average molecular weight is 360 g/mol. The van der Waals surface area contributed by atoms with Crippen LogP contribution in [-0.2, 0) is 6.54 Å². The van der Waals surface area contributed by atoms with Crippen molar-refractivity contribution in [2.24, 2.45) is 0 Å². The lowest BCUT2D eigenvalue weighted by Crippen LogP contribution is -3.08. The Balaban J connectivity index is 1.57. The fourth-order valence-electron chi connectivity index (χ4n) is 3.43. The highest BCUT2D eigenvalue weighted by Gasteiger charge is 2.13. The van der Waals surface area contributed by atoms with Crippen molar-refractivity contribution < 1.29 is 14.1 Å². The van der Waals surface area contributed by atoms with E-state index < -0.39 is 0 Å². The van der Waals surface area contributed by atoms with Crippen molar-refractivity contribution in [1.82, 2.24) is 0 Å². The molecule has 0 saturated heterocycles. The van der Waals surface area contributed by atoms with Gasteiger partial charge in [0, 0.05) is 17.0 Å². The van der Waals surface area contributed by atoms with E-state index in [2.05, 4.69) is 19.2 Å². The largest absolute Gasteiger partial charge is 0.488 e. The number of hydrogen-bond donors (Lipinski definition) is 1. The summed E-state index contributed by atoms with van der Waals surface area (Å²) in [6.45, 7) is 2.19. The molecule has 3 aromatic carbocycles. The summed E-state index contributed by atoms with van der Waals surface area (Å²) < 4.78 is 11.2. The molecule has 136 valence electrons. The standard InChI is InChI=1S/C23H21NO3/c1-24(13-14-26-19-8-3-2-4-9-19)16-18-15-22(25)27-21-12-11-17-7-5-6-10-20(17)23(18)21/h2-12,15H,13-14,16H2,1H3/p+1. The zero-order valence-corrected chi connectivity index (χ0v) is 15.3. The van der Waals surface area contributed by atoms with Crippen LogP contribution in [0, 0.1) is 0 Å². The minimum Gasteiger partial charge on any atom is -0.488 e. The number of rotatable bonds is 6. The number of likely N-dealkylation sites (N-methyl/N-ethyl adjacent to an activating group) is 1. The van der Waals surface area contributed by atoms with Gasteiger partial charge in [0.05, 0.1) is 7.05 Å². The molecule has 4 aromatic rings. The van der Waals surface area contributed by atoms with Crippen molar-refractivity contribution in [3.8, 4) is 5.75 Å². The van der Waals surface area contributed by atoms with E-state index in [-0.39, 0.29) is 5.63 Å². The van der Waals surface area contributed by atoms with Crippen LogP contribution in [0.15, 0.2) is 82.0 Å². The van der Waals surface area contributed by atoms with Gasteiger partial charge >= 0.3 is 5.63 Å². The highest BCUT2D eigenvalue weighted by atomic mass is 16.5. The molecule has 0 aliphatic carbocycles. The minimum atomic E-state index is -0.305. The number of ether oxygens (including phenoxy) is 1. The second-order valence-electron chi connectivity index (χ2n) is 6.80. The average Bonchev–Trinajstić information content (AvgIpc) is 2.68. The van der Waals surface area contributed by atoms with Crippen molar-refractivity contribution in [1.29, 1.82) is 0 Å². The molecule has 0 saturated carbocycles. The second kappa shape index (κ2) is 7.64. The van der Waals surface area contributed by atoms with Gasteiger partial charge in [-0.15, -0.1) is 0 Å². The molecule has 4 nitrogen and oxygen atoms in total. The SMILES string of the molecule is C[NH+](CCOc1ccccc1)Cc1cc(=O)oc2ccc3ccccc3c12. The lowest BCUT2D eigenvalue weighted by Gasteiger charge is -2.16. The molecule has 0 bridgehead atoms. The smallest absolute Gasteiger partial charge is 0.336 e. The third kappa shape index (κ3) is 3.86. The molecule has 0 amide bonds. The number of benzene rings is 3. The molecule has 0 aliphatic heterocycles. The van der Waals surface area contributed by atoms with Crippen LogP contribution in [0.4, 0.5) is 0 Å². The van der Waals surface area contributed by atoms with Crippen molar-refractivity contribution in [2.45, 2.75) is 6.54 Å². The van der Waals surface area contributed by atoms with Gasteiger partial charge in [-0.1, -0.05) is 48.5 Å². The predicted octanol–water partition coefficient (Wildman–Crippen LogP) is 3.04. The first-order valence-electron chi connectivity index (χ1n) is 9.14. The molecule has 0 radical (unpaired) electrons. The fraction of sp³-hybridized carbons (Fsp3) is 0.174. The van der Waals surface area contributed by atoms with Gasteiger partial charge < -0.3 is 14.1 Å². The first kappa shape index (κ1) is 17.3. The van der Waals surface area contributed by atoms with Gasteiger partial charge in [-0.05, 0) is 29.0 Å². The van der Waals surface area contributed by atoms with E-state index in [1.165, 1.54) is 4.90 Å². The summed E-state index contributed by atoms with van der Waals surface area (Å²) >= 11 is 0. The minimum absolute atomic E-state index is 0.305. The summed E-state index contributed by atoms with van der Waals surface area (Å²) in [4.78, 5) is 13.3. The quantitative estimate of drug-likeness (QED) is 0.425. The van der Waals surface area contributed by atoms with Gasteiger partial charge in [-0.3, -0.25) is 0 Å². The third-order valence-electron chi connectivity index (χ3n) is 4.75. The lowest BCUT2D eigenvalue weighted by molar-refractivity contribution is -0.893. The molecule has 0 fully saturated rings. The van der Waals surface area contributed by atoms with Crippen molar-refractivity contribution in [2.75, 3.05) is 20.2 Å². The van der Waals surface area contributed by atoms with Crippen LogP contribution < -0.4 is 15.3 Å². The molecule has 4 heteroatoms. The van der Waals surface area contributed by atoms with Gasteiger partial charge in [-0.25, -0.2) is 4.79 Å². The summed E-state index contributed by atoms with van der Waals surface area (Å²) in [7, 11) is 2.11. The Labute approximate surface area is 157 Å². The Kier molecular flexibility index (Phi) is 4.90. The first-order chi connectivity index (χ1) is 13.2. The summed E-state index contributed by atoms with van der Waals surface area (Å²) in [5.74, 6) is 0.877. The van der Waals surface area contributed by atoms with Crippen LogP contribution in [0.1, 0.15) is 5.56 Å². The second-order valence-corrected chi connectivity index (χ2v) is 6.80. The molecule has 1 heterocycles. The lowest BCUT2D eigenvalue weighted by atomic mass is 10.0. The zero-order valence-electron chi connectivity index (χ0n) is 15.3. The molecule has 1 unspecified atom stereocenters. The maximum absolute atomic E-state index is 12.0. The number of quaternary nitrogens is 1. The summed E-state index contributed by atoms with van der Waals surface area (Å²) in [5, 5.41) is 3.28. The topological polar surface area (TPSA) is 43.9 Å². The van der Waals surface area contributed by atoms with E-state index in [0.717, 1.165) is 40.6 Å². The van der Waals surface area contributed by atoms with Crippen LogP contribution in [-0.4, -0.2) is 20.2 Å². The third-order valence-corrected chi connectivity index (χ3v) is 4.75. The molecule has 4 rings (SSSR count). The first-order valence-corrected chi connectivity index (χ1v) is 9.14. The number of fused-ring (bicyclic) bond motifs is 3. The van der Waals surface area contributed by atoms with E-state index in [4.69, 9.17) is 9.15 Å². The Morgan fingerprint density at radius 2 is 1.74 bits per heavy atom. The Morgan fingerprint density at radius 1 is 0.963 bits per heavy atom. The van der Waals surface area contributed by atoms with Crippen LogP contribution in [0.3, 0.4) is 0 Å². The Hall–Kier alpha value is -3.11. The van der Waals surface area contributed by atoms with Crippen LogP contribution >= 0.6 is 0 Å². The number of nitrogens with one attached hydrogen (secondary N) is 1. The van der Waals surface area contributed by atoms with Gasteiger partial charge in [0.15, 0.2) is 0 Å². The van der Waals surface area contributed by atoms with E-state index in [9.17, 15) is 4.79 Å². The van der Waals surface area contributed by atoms with E-state index >= 15 is 0 Å². The van der Waals surface area contributed by atoms with Crippen molar-refractivity contribution in [3.05, 3.63) is 88.8 Å². The maximum Gasteiger partial charge on any atom is 0.336 e. The highest BCUT2D eigenvalue weighted by molar-refractivity contribution is 6.06. The van der Waals surface area contributed by atoms with Gasteiger partial charge in [0.1, 0.15) is 31.0 Å². The molecule has 27 heavy (non-hydrogen) atoms. The molecular formula is C23H22NO3+. The van der Waals surface area contributed by atoms with Crippen LogP contribution in [0.5, 0.6) is 5.75 Å². The number of hydrogen-bond acceptors (Lipinski definition) is 3. The predicted molar refractivity (Wildman–Crippen MR) is 107 cm³/mol. The van der Waals surface area contributed by atoms with Gasteiger partial charge in [0.25, 0.3) is 0 Å². The molecule has 0 spiro atoms. The summed E-state index contributed by atoms with van der Waals surface area (Å²) in [5.41, 5.74) is 1.35. The molecule has 0 aliphatic rings. The monoisotopic (exact) mass is 360 g/mol. The van der Waals surface area contributed by atoms with E-state index in [1.807, 2.05) is 54.6 Å². The van der Waals surface area contributed by atoms with Gasteiger partial charge in [0.2, 0.25) is 0 Å². The van der Waals surface area contributed by atoms with Crippen LogP contribution in [0.2, 0.25) is 0 Å². The van der Waals surface area contributed by atoms with Crippen molar-refractivity contribution in [3.63, 3.8) is 0 Å². The van der Waals surface area contributed by atoms with E-state index in [0.29, 0.717) is 12.2 Å². The Bertz CT molecular complexity index is 1120. The van der Waals surface area contributed by atoms with Gasteiger partial charge in [-0.2, -0.15) is 0 Å². The Morgan fingerprint density at radius 3 is 2.59 bits per heavy atom. The van der Waals surface area contributed by atoms with E-state index in [1.54, 1.807) is 6.07 Å². The molecule has 1 atom stereocenters. The summed E-state index contributed by atoms with van der Waals surface area (Å²) in [6, 6.07) is 23.5. The van der Waals surface area contributed by atoms with Crippen LogP contribution in [0.25, 0.3) is 21.7 Å². The normalized spacial score (nSPS) is 12.3. The summed E-state index contributed by atoms with van der Waals surface area (Å²) in [6.07, 6.45) is 0. The van der Waals surface area contributed by atoms with Crippen molar-refractivity contribution >= 4 is 21.7 Å². The molecule has 1 N–H and O–H groups in total. The highest BCUT2D eigenvalue weighted by Crippen LogP contribution is 2.26. The zero-order chi connectivity index (χ0) is 18.6. The molecular weight excluding hydrogens is 338 g/mol.